The van der Waals surface area contributed by atoms with Gasteiger partial charge in [0.25, 0.3) is 0 Å². The highest BCUT2D eigenvalue weighted by atomic mass is 35.5. The van der Waals surface area contributed by atoms with Crippen molar-refractivity contribution in [1.82, 2.24) is 10.2 Å². The van der Waals surface area contributed by atoms with Crippen molar-refractivity contribution in [1.29, 1.82) is 0 Å². The third-order valence-corrected chi connectivity index (χ3v) is 3.17. The van der Waals surface area contributed by atoms with Crippen LogP contribution >= 0.6 is 22.9 Å². The van der Waals surface area contributed by atoms with E-state index in [1.807, 2.05) is 11.4 Å². The van der Waals surface area contributed by atoms with Crippen LogP contribution in [0.15, 0.2) is 11.4 Å². The number of nitrogens with zero attached hydrogens (tertiary/aromatic N) is 1. The third kappa shape index (κ3) is 1.73. The standard InChI is InChI=1S/C8H7ClN2O2S/c9-7-5(1-2-14-7)3-11-4-6(12)10-8(11)13/h1-2H,3-4H2,(H,10,12,13). The molecule has 0 aromatic carbocycles. The number of thiophene rings is 1. The fourth-order valence-electron chi connectivity index (χ4n) is 1.25. The summed E-state index contributed by atoms with van der Waals surface area (Å²) in [4.78, 5) is 23.5. The fourth-order valence-corrected chi connectivity index (χ4v) is 2.16. The molecule has 0 aliphatic carbocycles. The maximum Gasteiger partial charge on any atom is 0.324 e. The molecule has 74 valence electrons. The van der Waals surface area contributed by atoms with Crippen LogP contribution < -0.4 is 5.32 Å². The van der Waals surface area contributed by atoms with Gasteiger partial charge < -0.3 is 4.90 Å². The van der Waals surface area contributed by atoms with Gasteiger partial charge in [0.05, 0.1) is 10.9 Å². The Hall–Kier alpha value is -1.07. The largest absolute Gasteiger partial charge is 0.324 e. The van der Waals surface area contributed by atoms with Crippen LogP contribution in [-0.2, 0) is 11.3 Å². The monoisotopic (exact) mass is 230 g/mol. The fraction of sp³-hybridized carbons (Fsp3) is 0.250. The number of amides is 3. The predicted octanol–water partition coefficient (Wildman–Crippen LogP) is 1.45. The van der Waals surface area contributed by atoms with Crippen LogP contribution in [0.1, 0.15) is 5.56 Å². The number of hydrogen-bond donors (Lipinski definition) is 1. The SMILES string of the molecule is O=C1CN(Cc2ccsc2Cl)C(=O)N1. The number of rotatable bonds is 2. The van der Waals surface area contributed by atoms with Crippen molar-refractivity contribution in [3.05, 3.63) is 21.3 Å². The number of halogens is 1. The highest BCUT2D eigenvalue weighted by Gasteiger charge is 2.26. The molecule has 1 aliphatic rings. The van der Waals surface area contributed by atoms with Crippen LogP contribution in [0.2, 0.25) is 4.34 Å². The molecular weight excluding hydrogens is 224 g/mol. The van der Waals surface area contributed by atoms with E-state index in [0.717, 1.165) is 5.56 Å². The Bertz CT molecular complexity index is 390. The minimum Gasteiger partial charge on any atom is -0.311 e. The van der Waals surface area contributed by atoms with Crippen LogP contribution in [0.25, 0.3) is 0 Å². The number of carbonyl (C=O) groups excluding carboxylic acids is 2. The highest BCUT2D eigenvalue weighted by Crippen LogP contribution is 2.24. The topological polar surface area (TPSA) is 49.4 Å². The number of urea groups is 1. The first kappa shape index (κ1) is 9.48. The van der Waals surface area contributed by atoms with E-state index in [9.17, 15) is 9.59 Å². The van der Waals surface area contributed by atoms with E-state index in [2.05, 4.69) is 5.32 Å². The summed E-state index contributed by atoms with van der Waals surface area (Å²) in [6.45, 7) is 0.505. The van der Waals surface area contributed by atoms with Crippen molar-refractivity contribution in [2.45, 2.75) is 6.54 Å². The van der Waals surface area contributed by atoms with Crippen molar-refractivity contribution in [3.8, 4) is 0 Å². The van der Waals surface area contributed by atoms with Gasteiger partial charge in [0.15, 0.2) is 0 Å². The molecule has 0 atom stereocenters. The van der Waals surface area contributed by atoms with Gasteiger partial charge >= 0.3 is 6.03 Å². The summed E-state index contributed by atoms with van der Waals surface area (Å²) in [5, 5.41) is 4.06. The smallest absolute Gasteiger partial charge is 0.311 e. The Morgan fingerprint density at radius 3 is 2.86 bits per heavy atom. The molecule has 1 N–H and O–H groups in total. The average Bonchev–Trinajstić information content (AvgIpc) is 2.62. The summed E-state index contributed by atoms with van der Waals surface area (Å²) in [5.41, 5.74) is 0.876. The summed E-state index contributed by atoms with van der Waals surface area (Å²) in [6.07, 6.45) is 0. The van der Waals surface area contributed by atoms with Crippen molar-refractivity contribution < 1.29 is 9.59 Å². The number of carbonyl (C=O) groups is 2. The molecule has 2 rings (SSSR count). The molecule has 1 saturated heterocycles. The Morgan fingerprint density at radius 2 is 2.36 bits per heavy atom. The lowest BCUT2D eigenvalue weighted by molar-refractivity contribution is -0.118. The summed E-state index contributed by atoms with van der Waals surface area (Å²) in [7, 11) is 0. The molecule has 1 aromatic heterocycles. The van der Waals surface area contributed by atoms with Crippen LogP contribution in [0, 0.1) is 0 Å². The van der Waals surface area contributed by atoms with Gasteiger partial charge in [-0.3, -0.25) is 10.1 Å². The van der Waals surface area contributed by atoms with Gasteiger partial charge in [-0.25, -0.2) is 4.79 Å². The molecule has 0 unspecified atom stereocenters. The quantitative estimate of drug-likeness (QED) is 0.782. The van der Waals surface area contributed by atoms with Gasteiger partial charge in [0.2, 0.25) is 5.91 Å². The van der Waals surface area contributed by atoms with E-state index >= 15 is 0 Å². The van der Waals surface area contributed by atoms with Gasteiger partial charge in [0.1, 0.15) is 6.54 Å². The van der Waals surface area contributed by atoms with Crippen molar-refractivity contribution in [2.24, 2.45) is 0 Å². The molecular formula is C8H7ClN2O2S. The number of imide groups is 1. The third-order valence-electron chi connectivity index (χ3n) is 1.92. The average molecular weight is 231 g/mol. The lowest BCUT2D eigenvalue weighted by Crippen LogP contribution is -2.27. The molecule has 1 aromatic rings. The van der Waals surface area contributed by atoms with Crippen LogP contribution in [0.4, 0.5) is 4.79 Å². The summed E-state index contributed by atoms with van der Waals surface area (Å²) in [6, 6.07) is 1.50. The zero-order valence-electron chi connectivity index (χ0n) is 7.12. The minimum atomic E-state index is -0.350. The van der Waals surface area contributed by atoms with Gasteiger partial charge in [-0.2, -0.15) is 0 Å². The highest BCUT2D eigenvalue weighted by molar-refractivity contribution is 7.14. The summed E-state index contributed by atoms with van der Waals surface area (Å²) >= 11 is 7.29. The van der Waals surface area contributed by atoms with Gasteiger partial charge in [-0.05, 0) is 11.4 Å². The second-order valence-electron chi connectivity index (χ2n) is 2.93. The zero-order valence-corrected chi connectivity index (χ0v) is 8.69. The molecule has 3 amide bonds. The van der Waals surface area contributed by atoms with Crippen LogP contribution in [0.5, 0.6) is 0 Å². The first-order valence-corrected chi connectivity index (χ1v) is 5.23. The second-order valence-corrected chi connectivity index (χ2v) is 4.45. The Labute approximate surface area is 89.5 Å². The maximum absolute atomic E-state index is 11.2. The van der Waals surface area contributed by atoms with Crippen LogP contribution in [0.3, 0.4) is 0 Å². The van der Waals surface area contributed by atoms with E-state index in [1.54, 1.807) is 0 Å². The molecule has 1 aliphatic heterocycles. The second kappa shape index (κ2) is 3.59. The van der Waals surface area contributed by atoms with Crippen molar-refractivity contribution in [3.63, 3.8) is 0 Å². The first-order valence-electron chi connectivity index (χ1n) is 3.97. The van der Waals surface area contributed by atoms with E-state index in [-0.39, 0.29) is 18.5 Å². The van der Waals surface area contributed by atoms with Gasteiger partial charge in [-0.1, -0.05) is 11.6 Å². The number of nitrogens with one attached hydrogen (secondary N) is 1. The lowest BCUT2D eigenvalue weighted by atomic mass is 10.3. The van der Waals surface area contributed by atoms with E-state index < -0.39 is 0 Å². The molecule has 14 heavy (non-hydrogen) atoms. The Balaban J connectivity index is 2.09. The minimum absolute atomic E-state index is 0.116. The first-order chi connectivity index (χ1) is 6.66. The van der Waals surface area contributed by atoms with Gasteiger partial charge in [0, 0.05) is 5.56 Å². The molecule has 6 heteroatoms. The van der Waals surface area contributed by atoms with E-state index in [1.165, 1.54) is 16.2 Å². The molecule has 1 fully saturated rings. The normalized spacial score (nSPS) is 16.2. The predicted molar refractivity (Wildman–Crippen MR) is 53.3 cm³/mol. The Morgan fingerprint density at radius 1 is 1.57 bits per heavy atom. The van der Waals surface area contributed by atoms with Crippen molar-refractivity contribution >= 4 is 34.9 Å². The zero-order chi connectivity index (χ0) is 10.1. The molecule has 0 radical (unpaired) electrons. The summed E-state index contributed by atoms with van der Waals surface area (Å²) < 4.78 is 0.664. The van der Waals surface area contributed by atoms with E-state index in [4.69, 9.17) is 11.6 Å². The van der Waals surface area contributed by atoms with Crippen molar-refractivity contribution in [2.75, 3.05) is 6.54 Å². The summed E-state index contributed by atoms with van der Waals surface area (Å²) in [5.74, 6) is -0.263. The Kier molecular flexibility index (Phi) is 2.43. The van der Waals surface area contributed by atoms with E-state index in [0.29, 0.717) is 10.9 Å². The number of hydrogen-bond acceptors (Lipinski definition) is 3. The molecule has 4 nitrogen and oxygen atoms in total. The molecule has 2 heterocycles. The molecule has 0 spiro atoms. The van der Waals surface area contributed by atoms with Gasteiger partial charge in [-0.15, -0.1) is 11.3 Å². The molecule has 0 bridgehead atoms. The van der Waals surface area contributed by atoms with Crippen LogP contribution in [-0.4, -0.2) is 23.4 Å². The maximum atomic E-state index is 11.2. The lowest BCUT2D eigenvalue weighted by Gasteiger charge is -2.11. The molecule has 0 saturated carbocycles.